The third-order valence-electron chi connectivity index (χ3n) is 9.81. The van der Waals surface area contributed by atoms with Crippen molar-refractivity contribution in [3.63, 3.8) is 0 Å². The molecule has 11 nitrogen and oxygen atoms in total. The molecule has 1 amide bonds. The minimum Gasteiger partial charge on any atom is -0.456 e. The van der Waals surface area contributed by atoms with Crippen molar-refractivity contribution in [1.29, 1.82) is 0 Å². The summed E-state index contributed by atoms with van der Waals surface area (Å²) in [4.78, 5) is 37.9. The van der Waals surface area contributed by atoms with Gasteiger partial charge in [0, 0.05) is 31.1 Å². The van der Waals surface area contributed by atoms with E-state index in [2.05, 4.69) is 5.32 Å². The first-order valence-corrected chi connectivity index (χ1v) is 12.8. The van der Waals surface area contributed by atoms with Crippen molar-refractivity contribution in [3.8, 4) is 0 Å². The summed E-state index contributed by atoms with van der Waals surface area (Å²) in [6.45, 7) is 9.17. The zero-order valence-corrected chi connectivity index (χ0v) is 22.1. The van der Waals surface area contributed by atoms with Crippen LogP contribution in [0.2, 0.25) is 0 Å². The van der Waals surface area contributed by atoms with Crippen LogP contribution in [0.1, 0.15) is 54.4 Å². The summed E-state index contributed by atoms with van der Waals surface area (Å²) in [7, 11) is 0. The number of rotatable bonds is 4. The molecule has 1 aliphatic heterocycles. The Morgan fingerprint density at radius 2 is 1.84 bits per heavy atom. The van der Waals surface area contributed by atoms with E-state index >= 15 is 0 Å². The number of Topliss-reactive ketones (excluding diaryl/α,β-unsaturated/α-hetero) is 1. The third-order valence-corrected chi connectivity index (χ3v) is 9.81. The van der Waals surface area contributed by atoms with Gasteiger partial charge in [-0.15, -0.1) is 0 Å². The maximum atomic E-state index is 13.9. The van der Waals surface area contributed by atoms with Crippen molar-refractivity contribution in [2.24, 2.45) is 22.7 Å². The lowest BCUT2D eigenvalue weighted by Crippen LogP contribution is -2.78. The van der Waals surface area contributed by atoms with Crippen LogP contribution in [0.4, 0.5) is 0 Å². The van der Waals surface area contributed by atoms with Crippen LogP contribution in [0.5, 0.6) is 0 Å². The number of aliphatic hydroxyl groups is 5. The highest BCUT2D eigenvalue weighted by Gasteiger charge is 2.73. The molecule has 1 heterocycles. The van der Waals surface area contributed by atoms with Crippen LogP contribution in [-0.4, -0.2) is 97.6 Å². The van der Waals surface area contributed by atoms with Gasteiger partial charge in [-0.3, -0.25) is 9.59 Å². The number of fused-ring (bicyclic) bond motifs is 5. The number of amides is 1. The molecule has 3 fully saturated rings. The largest absolute Gasteiger partial charge is 0.456 e. The monoisotopic (exact) mass is 525 g/mol. The average molecular weight is 526 g/mol. The predicted octanol–water partition coefficient (Wildman–Crippen LogP) is -1.03. The highest BCUT2D eigenvalue weighted by Crippen LogP contribution is 2.63. The Labute approximate surface area is 215 Å². The van der Waals surface area contributed by atoms with Gasteiger partial charge in [0.25, 0.3) is 0 Å². The van der Waals surface area contributed by atoms with E-state index in [1.54, 1.807) is 20.8 Å². The molecule has 0 spiro atoms. The molecule has 1 saturated heterocycles. The number of aliphatic hydroxyl groups excluding tert-OH is 3. The summed E-state index contributed by atoms with van der Waals surface area (Å²) in [5, 5.41) is 59.2. The Morgan fingerprint density at radius 1 is 1.22 bits per heavy atom. The van der Waals surface area contributed by atoms with Gasteiger partial charge in [0.15, 0.2) is 11.9 Å². The molecule has 2 bridgehead atoms. The standard InChI is InChI=1S/C26H39NO10/c1-11-20-24(6,16(29)8-17-25(20,34)10-36-17)21(32)19(31)15-7-14(9-26(11,35)23(15,4)5)37-22(33)18(30)12(2)27-13(3)28/h7,11-12,14,16-20,29-31,34-35H,8-10H2,1-6H3,(H,27,28)/t11-,12?,14?,16-,17+,18+,19+,20-,24+,25-,26+/m0/s1. The van der Waals surface area contributed by atoms with E-state index in [0.717, 1.165) is 0 Å². The summed E-state index contributed by atoms with van der Waals surface area (Å²) < 4.78 is 11.0. The number of carbonyl (C=O) groups is 3. The second kappa shape index (κ2) is 8.82. The SMILES string of the molecule is CC(=O)NC(C)[C@@H](O)C(=O)OC1C=C2[C@@H](O)C(=O)[C@@]3(C)[C@H]([C@H](C)[C@](O)(C1)C2(C)C)[C@]1(O)CO[C@@H]1C[C@@H]3O. The Morgan fingerprint density at radius 3 is 2.38 bits per heavy atom. The predicted molar refractivity (Wildman–Crippen MR) is 128 cm³/mol. The molecule has 4 aliphatic rings. The summed E-state index contributed by atoms with van der Waals surface area (Å²) in [5.41, 5.74) is -5.86. The summed E-state index contributed by atoms with van der Waals surface area (Å²) >= 11 is 0. The lowest BCUT2D eigenvalue weighted by atomic mass is 9.43. The van der Waals surface area contributed by atoms with E-state index in [-0.39, 0.29) is 25.0 Å². The highest BCUT2D eigenvalue weighted by atomic mass is 16.6. The first-order valence-electron chi connectivity index (χ1n) is 12.8. The molecule has 37 heavy (non-hydrogen) atoms. The van der Waals surface area contributed by atoms with Gasteiger partial charge in [0.1, 0.15) is 17.8 Å². The van der Waals surface area contributed by atoms with Gasteiger partial charge in [-0.05, 0) is 31.4 Å². The fourth-order valence-corrected chi connectivity index (χ4v) is 7.46. The van der Waals surface area contributed by atoms with Gasteiger partial charge >= 0.3 is 5.97 Å². The van der Waals surface area contributed by atoms with Gasteiger partial charge in [-0.25, -0.2) is 4.79 Å². The number of esters is 1. The number of ether oxygens (including phenoxy) is 2. The number of hydrogen-bond acceptors (Lipinski definition) is 10. The first-order chi connectivity index (χ1) is 16.9. The smallest absolute Gasteiger partial charge is 0.337 e. The molecule has 0 aromatic rings. The molecule has 3 aliphatic carbocycles. The Bertz CT molecular complexity index is 1030. The first kappa shape index (κ1) is 28.1. The van der Waals surface area contributed by atoms with Crippen LogP contribution in [-0.2, 0) is 23.9 Å². The molecular weight excluding hydrogens is 486 g/mol. The maximum absolute atomic E-state index is 13.9. The fourth-order valence-electron chi connectivity index (χ4n) is 7.46. The van der Waals surface area contributed by atoms with Crippen LogP contribution in [0, 0.1) is 22.7 Å². The molecule has 11 atom stereocenters. The molecule has 0 aromatic carbocycles. The molecule has 4 rings (SSSR count). The molecule has 11 heteroatoms. The maximum Gasteiger partial charge on any atom is 0.337 e. The van der Waals surface area contributed by atoms with Gasteiger partial charge in [0.05, 0.1) is 35.9 Å². The lowest BCUT2D eigenvalue weighted by molar-refractivity contribution is -0.335. The van der Waals surface area contributed by atoms with E-state index in [9.17, 15) is 39.9 Å². The third kappa shape index (κ3) is 3.81. The molecule has 2 saturated carbocycles. The summed E-state index contributed by atoms with van der Waals surface area (Å²) in [6, 6.07) is -0.938. The highest BCUT2D eigenvalue weighted by molar-refractivity contribution is 5.93. The average Bonchev–Trinajstić information content (AvgIpc) is 2.80. The van der Waals surface area contributed by atoms with Crippen LogP contribution < -0.4 is 5.32 Å². The van der Waals surface area contributed by atoms with Gasteiger partial charge < -0.3 is 40.3 Å². The van der Waals surface area contributed by atoms with E-state index in [1.165, 1.54) is 26.8 Å². The van der Waals surface area contributed by atoms with Crippen molar-refractivity contribution >= 4 is 17.7 Å². The van der Waals surface area contributed by atoms with Gasteiger partial charge in [-0.2, -0.15) is 0 Å². The Kier molecular flexibility index (Phi) is 6.71. The van der Waals surface area contributed by atoms with Crippen molar-refractivity contribution in [1.82, 2.24) is 5.32 Å². The molecular formula is C26H39NO10. The second-order valence-corrected chi connectivity index (χ2v) is 12.1. The fraction of sp³-hybridized carbons (Fsp3) is 0.808. The van der Waals surface area contributed by atoms with Crippen LogP contribution in [0.3, 0.4) is 0 Å². The molecule has 208 valence electrons. The van der Waals surface area contributed by atoms with Crippen molar-refractivity contribution in [2.45, 2.75) is 102 Å². The zero-order chi connectivity index (χ0) is 27.9. The van der Waals surface area contributed by atoms with E-state index in [1.807, 2.05) is 0 Å². The van der Waals surface area contributed by atoms with Crippen molar-refractivity contribution in [3.05, 3.63) is 11.6 Å². The second-order valence-electron chi connectivity index (χ2n) is 12.1. The quantitative estimate of drug-likeness (QED) is 0.196. The minimum atomic E-state index is -1.75. The summed E-state index contributed by atoms with van der Waals surface area (Å²) in [5.74, 6) is -3.97. The number of carbonyl (C=O) groups excluding carboxylic acids is 3. The molecule has 0 aromatic heterocycles. The molecule has 0 radical (unpaired) electrons. The van der Waals surface area contributed by atoms with Gasteiger partial charge in [-0.1, -0.05) is 20.8 Å². The Hall–Kier alpha value is -1.89. The normalized spacial score (nSPS) is 46.0. The number of hydrogen-bond donors (Lipinski definition) is 6. The number of ketones is 1. The van der Waals surface area contributed by atoms with E-state index < -0.39 is 88.1 Å². The minimum absolute atomic E-state index is 0.0140. The topological polar surface area (TPSA) is 183 Å². The van der Waals surface area contributed by atoms with Crippen molar-refractivity contribution < 1.29 is 49.4 Å². The summed E-state index contributed by atoms with van der Waals surface area (Å²) in [6.07, 6.45) is -5.23. The molecule has 2 unspecified atom stereocenters. The van der Waals surface area contributed by atoms with Crippen LogP contribution in [0.15, 0.2) is 11.6 Å². The zero-order valence-electron chi connectivity index (χ0n) is 22.1. The number of nitrogens with one attached hydrogen (secondary N) is 1. The van der Waals surface area contributed by atoms with E-state index in [0.29, 0.717) is 0 Å². The molecule has 6 N–H and O–H groups in total. The lowest BCUT2D eigenvalue weighted by Gasteiger charge is -2.67. The van der Waals surface area contributed by atoms with Gasteiger partial charge in [0.2, 0.25) is 5.91 Å². The van der Waals surface area contributed by atoms with Crippen LogP contribution >= 0.6 is 0 Å². The Balaban J connectivity index is 1.77. The van der Waals surface area contributed by atoms with Crippen LogP contribution in [0.25, 0.3) is 0 Å². The van der Waals surface area contributed by atoms with E-state index in [4.69, 9.17) is 9.47 Å². The van der Waals surface area contributed by atoms with Crippen molar-refractivity contribution in [2.75, 3.05) is 6.61 Å².